The highest BCUT2D eigenvalue weighted by molar-refractivity contribution is 6.07. The topological polar surface area (TPSA) is 150 Å². The zero-order chi connectivity index (χ0) is 30.2. The molecule has 1 atom stereocenters. The predicted molar refractivity (Wildman–Crippen MR) is 164 cm³/mol. The lowest BCUT2D eigenvalue weighted by molar-refractivity contribution is -0.127. The molecular weight excluding hydrogens is 564 g/mol. The van der Waals surface area contributed by atoms with Crippen LogP contribution >= 0.6 is 0 Å². The molecule has 2 fully saturated rings. The number of fused-ring (bicyclic) bond motifs is 2. The maximum absolute atomic E-state index is 13.4. The Balaban J connectivity index is 1.22. The monoisotopic (exact) mass is 596 g/mol. The van der Waals surface area contributed by atoms with Crippen molar-refractivity contribution >= 4 is 40.0 Å². The molecule has 2 saturated heterocycles. The fraction of sp³-hybridized carbons (Fsp3) is 0.323. The third-order valence-electron chi connectivity index (χ3n) is 8.25. The van der Waals surface area contributed by atoms with E-state index in [0.717, 1.165) is 31.6 Å². The van der Waals surface area contributed by atoms with Crippen LogP contribution in [0, 0.1) is 0 Å². The molecule has 3 N–H and O–H groups in total. The Morgan fingerprint density at radius 1 is 1.07 bits per heavy atom. The Kier molecular flexibility index (Phi) is 7.22. The Morgan fingerprint density at radius 2 is 1.91 bits per heavy atom. The number of likely N-dealkylation sites (tertiary alicyclic amines) is 1. The van der Waals surface area contributed by atoms with Crippen LogP contribution in [0.25, 0.3) is 22.3 Å². The summed E-state index contributed by atoms with van der Waals surface area (Å²) in [7, 11) is 0. The second-order valence-corrected chi connectivity index (χ2v) is 10.9. The van der Waals surface area contributed by atoms with Crippen LogP contribution < -0.4 is 25.4 Å². The summed E-state index contributed by atoms with van der Waals surface area (Å²) in [5, 5.41) is 8.53. The molecule has 7 rings (SSSR count). The minimum Gasteiger partial charge on any atom is -0.453 e. The van der Waals surface area contributed by atoms with Crippen molar-refractivity contribution in [1.29, 1.82) is 0 Å². The third kappa shape index (κ3) is 4.94. The summed E-state index contributed by atoms with van der Waals surface area (Å²) in [5.41, 5.74) is 10.1. The largest absolute Gasteiger partial charge is 0.453 e. The fourth-order valence-electron chi connectivity index (χ4n) is 6.06. The van der Waals surface area contributed by atoms with Crippen LogP contribution in [0.1, 0.15) is 29.2 Å². The lowest BCUT2D eigenvalue weighted by Gasteiger charge is -2.32. The van der Waals surface area contributed by atoms with Gasteiger partial charge in [0.2, 0.25) is 12.7 Å². The zero-order valence-electron chi connectivity index (χ0n) is 24.1. The van der Waals surface area contributed by atoms with Crippen LogP contribution in [0.5, 0.6) is 11.5 Å². The van der Waals surface area contributed by atoms with Gasteiger partial charge in [-0.1, -0.05) is 12.6 Å². The summed E-state index contributed by atoms with van der Waals surface area (Å²) in [4.78, 5) is 38.5. The molecule has 0 spiro atoms. The number of piperidine rings is 1. The number of nitrogens with zero attached hydrogens (tertiary/aromatic N) is 6. The number of carbonyl (C=O) groups is 2. The Morgan fingerprint density at radius 3 is 2.75 bits per heavy atom. The van der Waals surface area contributed by atoms with Crippen molar-refractivity contribution in [2.24, 2.45) is 0 Å². The maximum Gasteiger partial charge on any atom is 0.255 e. The first kappa shape index (κ1) is 27.7. The number of morpholine rings is 1. The van der Waals surface area contributed by atoms with Gasteiger partial charge in [0.15, 0.2) is 17.1 Å². The number of amides is 2. The van der Waals surface area contributed by atoms with Gasteiger partial charge in [0.05, 0.1) is 30.3 Å². The first-order valence-electron chi connectivity index (χ1n) is 14.6. The van der Waals surface area contributed by atoms with Gasteiger partial charge in [-0.15, -0.1) is 0 Å². The lowest BCUT2D eigenvalue weighted by Crippen LogP contribution is -2.40. The van der Waals surface area contributed by atoms with E-state index in [0.29, 0.717) is 71.3 Å². The van der Waals surface area contributed by atoms with Crippen LogP contribution in [-0.4, -0.2) is 82.6 Å². The van der Waals surface area contributed by atoms with Crippen LogP contribution in [0.15, 0.2) is 55.4 Å². The molecule has 0 bridgehead atoms. The highest BCUT2D eigenvalue weighted by Gasteiger charge is 2.31. The van der Waals surface area contributed by atoms with Gasteiger partial charge in [0.25, 0.3) is 5.91 Å². The zero-order valence-corrected chi connectivity index (χ0v) is 24.1. The molecule has 2 aromatic carbocycles. The Bertz CT molecular complexity index is 1770. The number of hydrogen-bond donors (Lipinski definition) is 2. The van der Waals surface area contributed by atoms with Crippen molar-refractivity contribution in [1.82, 2.24) is 24.6 Å². The fourth-order valence-corrected chi connectivity index (χ4v) is 6.06. The van der Waals surface area contributed by atoms with Crippen molar-refractivity contribution in [2.75, 3.05) is 62.1 Å². The molecule has 4 aromatic rings. The number of anilines is 3. The summed E-state index contributed by atoms with van der Waals surface area (Å²) in [6.07, 6.45) is 4.37. The lowest BCUT2D eigenvalue weighted by atomic mass is 10.1. The van der Waals surface area contributed by atoms with E-state index in [1.54, 1.807) is 17.0 Å². The van der Waals surface area contributed by atoms with Crippen molar-refractivity contribution in [3.05, 3.63) is 60.9 Å². The van der Waals surface area contributed by atoms with Crippen molar-refractivity contribution < 1.29 is 23.8 Å². The third-order valence-corrected chi connectivity index (χ3v) is 8.25. The van der Waals surface area contributed by atoms with Crippen LogP contribution in [0.4, 0.5) is 17.2 Å². The molecule has 2 aromatic heterocycles. The number of nitrogens with one attached hydrogen (secondary N) is 1. The van der Waals surface area contributed by atoms with Gasteiger partial charge >= 0.3 is 0 Å². The first-order valence-corrected chi connectivity index (χ1v) is 14.6. The predicted octanol–water partition coefficient (Wildman–Crippen LogP) is 3.24. The summed E-state index contributed by atoms with van der Waals surface area (Å²) < 4.78 is 19.1. The summed E-state index contributed by atoms with van der Waals surface area (Å²) in [6.45, 7) is 7.61. The molecule has 13 nitrogen and oxygen atoms in total. The minimum atomic E-state index is -0.270. The van der Waals surface area contributed by atoms with Crippen molar-refractivity contribution in [3.8, 4) is 22.8 Å². The van der Waals surface area contributed by atoms with Gasteiger partial charge in [-0.2, -0.15) is 5.10 Å². The molecule has 5 heterocycles. The molecule has 2 amide bonds. The van der Waals surface area contributed by atoms with Gasteiger partial charge < -0.3 is 35.1 Å². The van der Waals surface area contributed by atoms with E-state index in [9.17, 15) is 9.59 Å². The van der Waals surface area contributed by atoms with E-state index in [2.05, 4.69) is 26.8 Å². The molecule has 0 radical (unpaired) electrons. The first-order chi connectivity index (χ1) is 21.5. The van der Waals surface area contributed by atoms with E-state index in [-0.39, 0.29) is 30.5 Å². The molecule has 3 aliphatic rings. The number of aromatic nitrogens is 4. The quantitative estimate of drug-likeness (QED) is 0.318. The maximum atomic E-state index is 13.4. The number of rotatable bonds is 6. The van der Waals surface area contributed by atoms with Crippen LogP contribution in [0.2, 0.25) is 0 Å². The Hall–Kier alpha value is -5.17. The van der Waals surface area contributed by atoms with Crippen molar-refractivity contribution in [3.63, 3.8) is 0 Å². The average molecular weight is 597 g/mol. The van der Waals surface area contributed by atoms with Crippen molar-refractivity contribution in [2.45, 2.75) is 18.9 Å². The van der Waals surface area contributed by atoms with E-state index < -0.39 is 0 Å². The van der Waals surface area contributed by atoms with E-state index >= 15 is 0 Å². The van der Waals surface area contributed by atoms with Gasteiger partial charge in [-0.3, -0.25) is 9.59 Å². The SMILES string of the molecule is C=CC(=O)N1CCC[C@@H](n2nc(-c3ccc(NC(=O)c4cccc(N5CCOCC5)c4)c4c3OCO4)c3c(N)ncnc32)C1. The summed E-state index contributed by atoms with van der Waals surface area (Å²) >= 11 is 0. The molecule has 0 unspecified atom stereocenters. The van der Waals surface area contributed by atoms with Crippen LogP contribution in [0.3, 0.4) is 0 Å². The molecular formula is C31H32N8O5. The molecule has 44 heavy (non-hydrogen) atoms. The number of ether oxygens (including phenoxy) is 3. The van der Waals surface area contributed by atoms with Crippen LogP contribution in [-0.2, 0) is 9.53 Å². The smallest absolute Gasteiger partial charge is 0.255 e. The highest BCUT2D eigenvalue weighted by atomic mass is 16.7. The highest BCUT2D eigenvalue weighted by Crippen LogP contribution is 2.48. The average Bonchev–Trinajstić information content (AvgIpc) is 3.72. The van der Waals surface area contributed by atoms with E-state index in [1.165, 1.54) is 12.4 Å². The second-order valence-electron chi connectivity index (χ2n) is 10.9. The molecule has 3 aliphatic heterocycles. The summed E-state index contributed by atoms with van der Waals surface area (Å²) in [5.74, 6) is 0.727. The summed E-state index contributed by atoms with van der Waals surface area (Å²) in [6, 6.07) is 11.0. The number of carbonyl (C=O) groups excluding carboxylic acids is 2. The molecule has 0 aliphatic carbocycles. The number of hydrogen-bond acceptors (Lipinski definition) is 10. The van der Waals surface area contributed by atoms with Gasteiger partial charge in [-0.25, -0.2) is 14.6 Å². The van der Waals surface area contributed by atoms with Gasteiger partial charge in [0, 0.05) is 43.0 Å². The standard InChI is InChI=1S/C31H32N8O5/c1-2-24(40)38-10-4-7-21(16-38)39-30-25(29(32)33-17-34-30)26(36-39)22-8-9-23(28-27(22)43-18-44-28)35-31(41)19-5-3-6-20(15-19)37-11-13-42-14-12-37/h2-3,5-6,8-9,15,17,21H,1,4,7,10-14,16,18H2,(H,35,41)(H2,32,33,34)/t21-/m1/s1. The Labute approximate surface area is 253 Å². The number of benzene rings is 2. The number of nitrogens with two attached hydrogens (primary N) is 1. The molecule has 0 saturated carbocycles. The number of nitrogen functional groups attached to an aromatic ring is 1. The van der Waals surface area contributed by atoms with Gasteiger partial charge in [0.1, 0.15) is 17.8 Å². The van der Waals surface area contributed by atoms with E-state index in [1.807, 2.05) is 28.9 Å². The second kappa shape index (κ2) is 11.5. The minimum absolute atomic E-state index is 0.0202. The van der Waals surface area contributed by atoms with Gasteiger partial charge in [-0.05, 0) is 49.2 Å². The molecule has 226 valence electrons. The molecule has 13 heteroatoms. The normalized spacial score (nSPS) is 18.0. The van der Waals surface area contributed by atoms with E-state index in [4.69, 9.17) is 25.0 Å².